The second-order valence-corrected chi connectivity index (χ2v) is 6.17. The van der Waals surface area contributed by atoms with E-state index in [4.69, 9.17) is 0 Å². The molecule has 2 rings (SSSR count). The zero-order valence-corrected chi connectivity index (χ0v) is 11.6. The zero-order chi connectivity index (χ0) is 13.3. The van der Waals surface area contributed by atoms with Crippen LogP contribution in [-0.2, 0) is 5.41 Å². The topological polar surface area (TPSA) is 20.2 Å². The first-order valence-electron chi connectivity index (χ1n) is 6.97. The van der Waals surface area contributed by atoms with Crippen molar-refractivity contribution < 1.29 is 9.50 Å². The molecule has 1 aromatic carbocycles. The molecule has 0 atom stereocenters. The van der Waals surface area contributed by atoms with Crippen LogP contribution < -0.4 is 0 Å². The van der Waals surface area contributed by atoms with Gasteiger partial charge in [0, 0.05) is 5.56 Å². The van der Waals surface area contributed by atoms with E-state index >= 15 is 0 Å². The van der Waals surface area contributed by atoms with Gasteiger partial charge in [0.15, 0.2) is 11.6 Å². The van der Waals surface area contributed by atoms with Gasteiger partial charge in [-0.1, -0.05) is 46.1 Å². The molecule has 0 saturated heterocycles. The second kappa shape index (κ2) is 4.91. The maximum atomic E-state index is 13.9. The molecule has 1 aliphatic rings. The minimum atomic E-state index is -0.469. The maximum absolute atomic E-state index is 13.9. The van der Waals surface area contributed by atoms with Crippen LogP contribution in [0.5, 0.6) is 5.75 Å². The van der Waals surface area contributed by atoms with Crippen LogP contribution in [-0.4, -0.2) is 5.11 Å². The molecule has 18 heavy (non-hydrogen) atoms. The zero-order valence-electron chi connectivity index (χ0n) is 11.6. The molecule has 1 aromatic rings. The third-order valence-electron chi connectivity index (χ3n) is 4.36. The average molecular weight is 250 g/mol. The summed E-state index contributed by atoms with van der Waals surface area (Å²) >= 11 is 0. The molecule has 1 fully saturated rings. The second-order valence-electron chi connectivity index (χ2n) is 6.17. The Morgan fingerprint density at radius 1 is 1.17 bits per heavy atom. The van der Waals surface area contributed by atoms with Gasteiger partial charge in [-0.05, 0) is 35.8 Å². The van der Waals surface area contributed by atoms with E-state index < -0.39 is 5.82 Å². The SMILES string of the molecule is CC(C)c1cc(F)c(O)c(C2(C)CCCCC2)c1. The van der Waals surface area contributed by atoms with Gasteiger partial charge >= 0.3 is 0 Å². The van der Waals surface area contributed by atoms with E-state index in [0.29, 0.717) is 0 Å². The fourth-order valence-electron chi connectivity index (χ4n) is 3.01. The van der Waals surface area contributed by atoms with Crippen molar-refractivity contribution in [1.29, 1.82) is 0 Å². The van der Waals surface area contributed by atoms with Crippen LogP contribution in [0, 0.1) is 5.82 Å². The summed E-state index contributed by atoms with van der Waals surface area (Å²) in [6.45, 7) is 6.27. The van der Waals surface area contributed by atoms with Crippen molar-refractivity contribution in [2.75, 3.05) is 0 Å². The van der Waals surface area contributed by atoms with Gasteiger partial charge < -0.3 is 5.11 Å². The smallest absolute Gasteiger partial charge is 0.165 e. The summed E-state index contributed by atoms with van der Waals surface area (Å²) in [6, 6.07) is 3.48. The van der Waals surface area contributed by atoms with Crippen molar-refractivity contribution in [3.05, 3.63) is 29.1 Å². The van der Waals surface area contributed by atoms with Crippen LogP contribution in [0.15, 0.2) is 12.1 Å². The average Bonchev–Trinajstić information content (AvgIpc) is 2.33. The molecule has 0 spiro atoms. The first-order chi connectivity index (χ1) is 8.44. The van der Waals surface area contributed by atoms with Gasteiger partial charge in [-0.2, -0.15) is 0 Å². The summed E-state index contributed by atoms with van der Waals surface area (Å²) in [5.74, 6) is -0.321. The molecule has 0 aromatic heterocycles. The number of hydrogen-bond acceptors (Lipinski definition) is 1. The molecule has 0 heterocycles. The number of rotatable bonds is 2. The predicted molar refractivity (Wildman–Crippen MR) is 72.6 cm³/mol. The quantitative estimate of drug-likeness (QED) is 0.793. The fraction of sp³-hybridized carbons (Fsp3) is 0.625. The van der Waals surface area contributed by atoms with Gasteiger partial charge in [-0.15, -0.1) is 0 Å². The number of benzene rings is 1. The van der Waals surface area contributed by atoms with E-state index in [0.717, 1.165) is 24.0 Å². The monoisotopic (exact) mass is 250 g/mol. The molecule has 0 bridgehead atoms. The summed E-state index contributed by atoms with van der Waals surface area (Å²) in [7, 11) is 0. The first kappa shape index (κ1) is 13.4. The Morgan fingerprint density at radius 3 is 2.33 bits per heavy atom. The van der Waals surface area contributed by atoms with Gasteiger partial charge in [0.25, 0.3) is 0 Å². The van der Waals surface area contributed by atoms with E-state index in [1.54, 1.807) is 0 Å². The molecule has 100 valence electrons. The number of hydrogen-bond donors (Lipinski definition) is 1. The number of phenols is 1. The summed E-state index contributed by atoms with van der Waals surface area (Å²) in [5, 5.41) is 10.0. The van der Waals surface area contributed by atoms with Gasteiger partial charge in [0.1, 0.15) is 0 Å². The third-order valence-corrected chi connectivity index (χ3v) is 4.36. The number of phenolic OH excluding ortho intramolecular Hbond substituents is 1. The maximum Gasteiger partial charge on any atom is 0.165 e. The molecule has 1 aliphatic carbocycles. The van der Waals surface area contributed by atoms with E-state index in [2.05, 4.69) is 20.8 Å². The molecule has 0 unspecified atom stereocenters. The van der Waals surface area contributed by atoms with Gasteiger partial charge in [-0.25, -0.2) is 4.39 Å². The van der Waals surface area contributed by atoms with Gasteiger partial charge in [0.2, 0.25) is 0 Å². The lowest BCUT2D eigenvalue weighted by atomic mass is 9.70. The minimum Gasteiger partial charge on any atom is -0.505 e. The molecule has 0 amide bonds. The minimum absolute atomic E-state index is 0.0614. The standard InChI is InChI=1S/C16H23FO/c1-11(2)12-9-13(15(18)14(17)10-12)16(3)7-5-4-6-8-16/h9-11,18H,4-8H2,1-3H3. The highest BCUT2D eigenvalue weighted by molar-refractivity contribution is 5.43. The van der Waals surface area contributed by atoms with E-state index in [-0.39, 0.29) is 17.1 Å². The van der Waals surface area contributed by atoms with Crippen molar-refractivity contribution in [2.24, 2.45) is 0 Å². The van der Waals surface area contributed by atoms with E-state index in [9.17, 15) is 9.50 Å². The Morgan fingerprint density at radius 2 is 1.78 bits per heavy atom. The van der Waals surface area contributed by atoms with Crippen LogP contribution in [0.4, 0.5) is 4.39 Å². The summed E-state index contributed by atoms with van der Waals surface area (Å²) < 4.78 is 13.9. The van der Waals surface area contributed by atoms with Crippen molar-refractivity contribution in [2.45, 2.75) is 64.2 Å². The Kier molecular flexibility index (Phi) is 3.65. The number of halogens is 1. The van der Waals surface area contributed by atoms with Crippen molar-refractivity contribution in [3.63, 3.8) is 0 Å². The largest absolute Gasteiger partial charge is 0.505 e. The van der Waals surface area contributed by atoms with Crippen LogP contribution in [0.2, 0.25) is 0 Å². The van der Waals surface area contributed by atoms with Crippen LogP contribution in [0.1, 0.15) is 69.9 Å². The summed E-state index contributed by atoms with van der Waals surface area (Å²) in [4.78, 5) is 0. The van der Waals surface area contributed by atoms with Crippen LogP contribution in [0.25, 0.3) is 0 Å². The Balaban J connectivity index is 2.48. The highest BCUT2D eigenvalue weighted by atomic mass is 19.1. The molecule has 1 nitrogen and oxygen atoms in total. The highest BCUT2D eigenvalue weighted by Gasteiger charge is 2.32. The lowest BCUT2D eigenvalue weighted by Crippen LogP contribution is -2.25. The third kappa shape index (κ3) is 2.38. The Labute approximate surface area is 109 Å². The molecule has 0 aliphatic heterocycles. The molecule has 2 heteroatoms. The van der Waals surface area contributed by atoms with E-state index in [1.807, 2.05) is 6.07 Å². The molecule has 1 N–H and O–H groups in total. The predicted octanol–water partition coefficient (Wildman–Crippen LogP) is 4.88. The molecule has 1 saturated carbocycles. The Hall–Kier alpha value is -1.05. The van der Waals surface area contributed by atoms with Crippen molar-refractivity contribution in [1.82, 2.24) is 0 Å². The van der Waals surface area contributed by atoms with Gasteiger partial charge in [-0.3, -0.25) is 0 Å². The van der Waals surface area contributed by atoms with E-state index in [1.165, 1.54) is 25.3 Å². The summed E-state index contributed by atoms with van der Waals surface area (Å²) in [6.07, 6.45) is 5.68. The lowest BCUT2D eigenvalue weighted by Gasteiger charge is -2.35. The normalized spacial score (nSPS) is 19.2. The lowest BCUT2D eigenvalue weighted by molar-refractivity contribution is 0.303. The molecule has 0 radical (unpaired) electrons. The van der Waals surface area contributed by atoms with Crippen molar-refractivity contribution >= 4 is 0 Å². The van der Waals surface area contributed by atoms with Crippen LogP contribution >= 0.6 is 0 Å². The fourth-order valence-corrected chi connectivity index (χ4v) is 3.01. The highest BCUT2D eigenvalue weighted by Crippen LogP contribution is 2.44. The number of aromatic hydroxyl groups is 1. The van der Waals surface area contributed by atoms with Crippen molar-refractivity contribution in [3.8, 4) is 5.75 Å². The summed E-state index contributed by atoms with van der Waals surface area (Å²) in [5.41, 5.74) is 1.73. The van der Waals surface area contributed by atoms with Gasteiger partial charge in [0.05, 0.1) is 0 Å². The first-order valence-corrected chi connectivity index (χ1v) is 6.97. The molecular weight excluding hydrogens is 227 g/mol. The van der Waals surface area contributed by atoms with Crippen LogP contribution in [0.3, 0.4) is 0 Å². The molecular formula is C16H23FO. The Bertz CT molecular complexity index is 431.